The summed E-state index contributed by atoms with van der Waals surface area (Å²) in [6.07, 6.45) is 3.77. The van der Waals surface area contributed by atoms with Crippen molar-refractivity contribution < 1.29 is 4.74 Å². The van der Waals surface area contributed by atoms with E-state index in [2.05, 4.69) is 22.5 Å². The number of ether oxygens (including phenoxy) is 1. The van der Waals surface area contributed by atoms with E-state index in [1.807, 2.05) is 0 Å². The zero-order valence-electron chi connectivity index (χ0n) is 10.3. The van der Waals surface area contributed by atoms with E-state index < -0.39 is 0 Å². The molecule has 0 unspecified atom stereocenters. The molecule has 0 aromatic heterocycles. The second-order valence-corrected chi connectivity index (χ2v) is 3.90. The van der Waals surface area contributed by atoms with Crippen molar-refractivity contribution in [3.05, 3.63) is 0 Å². The molecule has 2 N–H and O–H groups in total. The minimum absolute atomic E-state index is 0. The van der Waals surface area contributed by atoms with Crippen LogP contribution in [0.1, 0.15) is 26.2 Å². The fourth-order valence-corrected chi connectivity index (χ4v) is 1.30. The second kappa shape index (κ2) is 10.1. The minimum Gasteiger partial charge on any atom is -0.381 e. The number of aliphatic imine (C=N–C) groups is 1. The number of hydrogen-bond donors (Lipinski definition) is 2. The molecular formula is C11H24IN3O. The van der Waals surface area contributed by atoms with Gasteiger partial charge >= 0.3 is 0 Å². The van der Waals surface area contributed by atoms with Crippen LogP contribution in [0.25, 0.3) is 0 Å². The van der Waals surface area contributed by atoms with E-state index in [0.29, 0.717) is 0 Å². The first-order valence-electron chi connectivity index (χ1n) is 5.89. The standard InChI is InChI=1S/C11H23N3O.HI/c1-3-13-11(12-2)14-7-4-8-15-9-10-5-6-10;/h10H,3-9H2,1-2H3,(H2,12,13,14);1H. The first-order chi connectivity index (χ1) is 7.36. The van der Waals surface area contributed by atoms with Crippen LogP contribution in [-0.2, 0) is 4.74 Å². The topological polar surface area (TPSA) is 45.7 Å². The van der Waals surface area contributed by atoms with Crippen LogP contribution in [0, 0.1) is 5.92 Å². The largest absolute Gasteiger partial charge is 0.381 e. The maximum Gasteiger partial charge on any atom is 0.190 e. The van der Waals surface area contributed by atoms with Crippen LogP contribution in [0.15, 0.2) is 4.99 Å². The van der Waals surface area contributed by atoms with E-state index in [4.69, 9.17) is 4.74 Å². The van der Waals surface area contributed by atoms with Crippen LogP contribution in [0.3, 0.4) is 0 Å². The zero-order valence-corrected chi connectivity index (χ0v) is 12.6. The summed E-state index contributed by atoms with van der Waals surface area (Å²) in [7, 11) is 1.79. The predicted octanol–water partition coefficient (Wildman–Crippen LogP) is 1.61. The van der Waals surface area contributed by atoms with Crippen LogP contribution < -0.4 is 10.6 Å². The van der Waals surface area contributed by atoms with Crippen molar-refractivity contribution in [2.75, 3.05) is 33.4 Å². The van der Waals surface area contributed by atoms with Gasteiger partial charge in [-0.25, -0.2) is 0 Å². The SMILES string of the molecule is CCNC(=NC)NCCCOCC1CC1.I. The zero-order chi connectivity index (χ0) is 10.9. The third kappa shape index (κ3) is 8.15. The Morgan fingerprint density at radius 2 is 2.12 bits per heavy atom. The van der Waals surface area contributed by atoms with Gasteiger partial charge in [-0.3, -0.25) is 4.99 Å². The van der Waals surface area contributed by atoms with Gasteiger partial charge in [0.1, 0.15) is 0 Å². The van der Waals surface area contributed by atoms with Gasteiger partial charge in [0.05, 0.1) is 0 Å². The molecule has 1 fully saturated rings. The highest BCUT2D eigenvalue weighted by Crippen LogP contribution is 2.28. The molecule has 0 saturated heterocycles. The lowest BCUT2D eigenvalue weighted by molar-refractivity contribution is 0.123. The highest BCUT2D eigenvalue weighted by molar-refractivity contribution is 14.0. The molecule has 1 rings (SSSR count). The van der Waals surface area contributed by atoms with Crippen LogP contribution in [-0.4, -0.2) is 39.3 Å². The van der Waals surface area contributed by atoms with E-state index in [1.54, 1.807) is 7.05 Å². The van der Waals surface area contributed by atoms with E-state index in [9.17, 15) is 0 Å². The number of nitrogens with zero attached hydrogens (tertiary/aromatic N) is 1. The highest BCUT2D eigenvalue weighted by atomic mass is 127. The molecule has 16 heavy (non-hydrogen) atoms. The number of nitrogens with one attached hydrogen (secondary N) is 2. The lowest BCUT2D eigenvalue weighted by Gasteiger charge is -2.09. The van der Waals surface area contributed by atoms with Gasteiger partial charge in [0, 0.05) is 33.4 Å². The maximum atomic E-state index is 5.53. The number of hydrogen-bond acceptors (Lipinski definition) is 2. The molecule has 0 aromatic rings. The lowest BCUT2D eigenvalue weighted by Crippen LogP contribution is -2.37. The summed E-state index contributed by atoms with van der Waals surface area (Å²) in [4.78, 5) is 4.09. The Kier molecular flexibility index (Phi) is 10.1. The van der Waals surface area contributed by atoms with Crippen LogP contribution in [0.5, 0.6) is 0 Å². The maximum absolute atomic E-state index is 5.53. The normalized spacial score (nSPS) is 15.5. The summed E-state index contributed by atoms with van der Waals surface area (Å²) in [6.45, 7) is 5.70. The summed E-state index contributed by atoms with van der Waals surface area (Å²) in [5, 5.41) is 6.38. The number of guanidine groups is 1. The first-order valence-corrected chi connectivity index (χ1v) is 5.89. The van der Waals surface area contributed by atoms with Gasteiger partial charge in [-0.15, -0.1) is 24.0 Å². The van der Waals surface area contributed by atoms with E-state index in [0.717, 1.165) is 44.6 Å². The van der Waals surface area contributed by atoms with Crippen LogP contribution >= 0.6 is 24.0 Å². The average molecular weight is 341 g/mol. The van der Waals surface area contributed by atoms with Crippen molar-refractivity contribution in [3.8, 4) is 0 Å². The second-order valence-electron chi connectivity index (χ2n) is 3.90. The summed E-state index contributed by atoms with van der Waals surface area (Å²) < 4.78 is 5.53. The Balaban J connectivity index is 0.00000225. The van der Waals surface area contributed by atoms with Gasteiger partial charge in [-0.05, 0) is 32.1 Å². The molecule has 0 aromatic carbocycles. The summed E-state index contributed by atoms with van der Waals surface area (Å²) in [5.41, 5.74) is 0. The van der Waals surface area contributed by atoms with Crippen molar-refractivity contribution in [1.82, 2.24) is 10.6 Å². The van der Waals surface area contributed by atoms with E-state index in [-0.39, 0.29) is 24.0 Å². The lowest BCUT2D eigenvalue weighted by atomic mass is 10.4. The molecule has 0 bridgehead atoms. The van der Waals surface area contributed by atoms with Crippen molar-refractivity contribution >= 4 is 29.9 Å². The summed E-state index contributed by atoms with van der Waals surface area (Å²) in [6, 6.07) is 0. The van der Waals surface area contributed by atoms with Gasteiger partial charge in [0.2, 0.25) is 0 Å². The van der Waals surface area contributed by atoms with Crippen molar-refractivity contribution in [1.29, 1.82) is 0 Å². The van der Waals surface area contributed by atoms with E-state index in [1.165, 1.54) is 12.8 Å². The number of halogens is 1. The monoisotopic (exact) mass is 341 g/mol. The van der Waals surface area contributed by atoms with Gasteiger partial charge in [0.15, 0.2) is 5.96 Å². The minimum atomic E-state index is 0. The van der Waals surface area contributed by atoms with Gasteiger partial charge in [0.25, 0.3) is 0 Å². The molecule has 4 nitrogen and oxygen atoms in total. The van der Waals surface area contributed by atoms with E-state index >= 15 is 0 Å². The van der Waals surface area contributed by atoms with Gasteiger partial charge < -0.3 is 15.4 Å². The fourth-order valence-electron chi connectivity index (χ4n) is 1.30. The third-order valence-corrected chi connectivity index (χ3v) is 2.38. The Morgan fingerprint density at radius 1 is 1.38 bits per heavy atom. The van der Waals surface area contributed by atoms with Crippen molar-refractivity contribution in [2.24, 2.45) is 10.9 Å². The summed E-state index contributed by atoms with van der Waals surface area (Å²) in [5.74, 6) is 1.74. The highest BCUT2D eigenvalue weighted by Gasteiger charge is 2.20. The molecule has 5 heteroatoms. The molecule has 1 aliphatic carbocycles. The van der Waals surface area contributed by atoms with Crippen LogP contribution in [0.4, 0.5) is 0 Å². The average Bonchev–Trinajstić information content (AvgIpc) is 3.05. The van der Waals surface area contributed by atoms with Gasteiger partial charge in [-0.2, -0.15) is 0 Å². The molecular weight excluding hydrogens is 317 g/mol. The molecule has 1 aliphatic rings. The molecule has 96 valence electrons. The molecule has 0 radical (unpaired) electrons. The Morgan fingerprint density at radius 3 is 2.69 bits per heavy atom. The number of rotatable bonds is 7. The first kappa shape index (κ1) is 16.0. The molecule has 0 amide bonds. The Labute approximate surface area is 116 Å². The molecule has 0 spiro atoms. The molecule has 0 heterocycles. The van der Waals surface area contributed by atoms with Crippen LogP contribution in [0.2, 0.25) is 0 Å². The Bertz CT molecular complexity index is 196. The quantitative estimate of drug-likeness (QED) is 0.320. The fraction of sp³-hybridized carbons (Fsp3) is 0.909. The third-order valence-electron chi connectivity index (χ3n) is 2.38. The molecule has 0 atom stereocenters. The van der Waals surface area contributed by atoms with Crippen molar-refractivity contribution in [2.45, 2.75) is 26.2 Å². The van der Waals surface area contributed by atoms with Crippen molar-refractivity contribution in [3.63, 3.8) is 0 Å². The summed E-state index contributed by atoms with van der Waals surface area (Å²) >= 11 is 0. The molecule has 0 aliphatic heterocycles. The smallest absolute Gasteiger partial charge is 0.190 e. The predicted molar refractivity (Wildman–Crippen MR) is 78.6 cm³/mol. The van der Waals surface area contributed by atoms with Gasteiger partial charge in [-0.1, -0.05) is 0 Å². The molecule has 1 saturated carbocycles. The Hall–Kier alpha value is -0.0400.